The molecule has 4 heteroatoms. The molecule has 3 rings (SSSR count). The van der Waals surface area contributed by atoms with Crippen LogP contribution in [0.4, 0.5) is 0 Å². The van der Waals surface area contributed by atoms with Gasteiger partial charge in [0.25, 0.3) is 0 Å². The summed E-state index contributed by atoms with van der Waals surface area (Å²) in [5, 5.41) is 13.1. The van der Waals surface area contributed by atoms with Gasteiger partial charge in [-0.2, -0.15) is 0 Å². The fourth-order valence-electron chi connectivity index (χ4n) is 2.86. The zero-order chi connectivity index (χ0) is 12.4. The fourth-order valence-corrected chi connectivity index (χ4v) is 2.86. The van der Waals surface area contributed by atoms with Crippen LogP contribution in [0.2, 0.25) is 0 Å². The summed E-state index contributed by atoms with van der Waals surface area (Å²) in [5.41, 5.74) is 1.01. The van der Waals surface area contributed by atoms with Crippen LogP contribution in [-0.4, -0.2) is 24.0 Å². The largest absolute Gasteiger partial charge is 0.454 e. The first-order valence-electron chi connectivity index (χ1n) is 6.56. The van der Waals surface area contributed by atoms with E-state index in [4.69, 9.17) is 9.47 Å². The maximum absolute atomic E-state index is 9.57. The lowest BCUT2D eigenvalue weighted by Crippen LogP contribution is -2.45. The van der Waals surface area contributed by atoms with Crippen molar-refractivity contribution in [2.45, 2.75) is 37.8 Å². The molecule has 0 unspecified atom stereocenters. The molecular weight excluding hydrogens is 230 g/mol. The van der Waals surface area contributed by atoms with Crippen molar-refractivity contribution in [3.05, 3.63) is 23.8 Å². The van der Waals surface area contributed by atoms with E-state index in [1.165, 1.54) is 12.8 Å². The highest BCUT2D eigenvalue weighted by Gasteiger charge is 2.32. The van der Waals surface area contributed by atoms with Gasteiger partial charge in [0.05, 0.1) is 6.61 Å². The molecule has 98 valence electrons. The zero-order valence-electron chi connectivity index (χ0n) is 10.4. The molecule has 1 heterocycles. The topological polar surface area (TPSA) is 50.7 Å². The summed E-state index contributed by atoms with van der Waals surface area (Å²) in [6, 6.07) is 5.94. The SMILES string of the molecule is OCC1(NCc2cccc3c2OCO3)CCCC1. The number of ether oxygens (including phenoxy) is 2. The standard InChI is InChI=1S/C14H19NO3/c16-9-14(6-1-2-7-14)15-8-11-4-3-5-12-13(11)18-10-17-12/h3-5,15-16H,1-2,6-10H2. The zero-order valence-corrected chi connectivity index (χ0v) is 10.4. The number of rotatable bonds is 4. The molecule has 18 heavy (non-hydrogen) atoms. The van der Waals surface area contributed by atoms with Crippen molar-refractivity contribution in [3.8, 4) is 11.5 Å². The predicted molar refractivity (Wildman–Crippen MR) is 67.7 cm³/mol. The van der Waals surface area contributed by atoms with Gasteiger partial charge in [0.2, 0.25) is 6.79 Å². The Hall–Kier alpha value is -1.26. The molecule has 1 saturated carbocycles. The van der Waals surface area contributed by atoms with Crippen LogP contribution in [0.25, 0.3) is 0 Å². The second-order valence-electron chi connectivity index (χ2n) is 5.15. The molecule has 1 fully saturated rings. The van der Waals surface area contributed by atoms with Crippen molar-refractivity contribution < 1.29 is 14.6 Å². The molecule has 0 bridgehead atoms. The average Bonchev–Trinajstić information content (AvgIpc) is 3.06. The van der Waals surface area contributed by atoms with Crippen LogP contribution in [0.5, 0.6) is 11.5 Å². The molecule has 4 nitrogen and oxygen atoms in total. The minimum absolute atomic E-state index is 0.0951. The smallest absolute Gasteiger partial charge is 0.231 e. The van der Waals surface area contributed by atoms with E-state index >= 15 is 0 Å². The highest BCUT2D eigenvalue weighted by molar-refractivity contribution is 5.48. The van der Waals surface area contributed by atoms with E-state index < -0.39 is 0 Å². The molecule has 0 amide bonds. The fraction of sp³-hybridized carbons (Fsp3) is 0.571. The maximum Gasteiger partial charge on any atom is 0.231 e. The second-order valence-corrected chi connectivity index (χ2v) is 5.15. The second kappa shape index (κ2) is 4.78. The lowest BCUT2D eigenvalue weighted by Gasteiger charge is -2.28. The summed E-state index contributed by atoms with van der Waals surface area (Å²) in [6.07, 6.45) is 4.49. The summed E-state index contributed by atoms with van der Waals surface area (Å²) >= 11 is 0. The highest BCUT2D eigenvalue weighted by atomic mass is 16.7. The van der Waals surface area contributed by atoms with Gasteiger partial charge < -0.3 is 19.9 Å². The van der Waals surface area contributed by atoms with E-state index in [2.05, 4.69) is 5.32 Å². The third-order valence-corrected chi connectivity index (χ3v) is 4.00. The van der Waals surface area contributed by atoms with Gasteiger partial charge in [0, 0.05) is 17.6 Å². The summed E-state index contributed by atoms with van der Waals surface area (Å²) in [7, 11) is 0. The molecule has 2 N–H and O–H groups in total. The molecular formula is C14H19NO3. The quantitative estimate of drug-likeness (QED) is 0.854. The molecule has 1 aliphatic heterocycles. The van der Waals surface area contributed by atoms with E-state index in [0.717, 1.165) is 29.9 Å². The van der Waals surface area contributed by atoms with Gasteiger partial charge >= 0.3 is 0 Å². The van der Waals surface area contributed by atoms with Gasteiger partial charge in [-0.3, -0.25) is 0 Å². The van der Waals surface area contributed by atoms with Crippen molar-refractivity contribution in [2.24, 2.45) is 0 Å². The number of fused-ring (bicyclic) bond motifs is 1. The van der Waals surface area contributed by atoms with Crippen LogP contribution in [0, 0.1) is 0 Å². The lowest BCUT2D eigenvalue weighted by molar-refractivity contribution is 0.160. The van der Waals surface area contributed by atoms with Crippen LogP contribution in [0.15, 0.2) is 18.2 Å². The van der Waals surface area contributed by atoms with Gasteiger partial charge in [0.15, 0.2) is 11.5 Å². The molecule has 0 radical (unpaired) electrons. The average molecular weight is 249 g/mol. The molecule has 0 aromatic heterocycles. The monoisotopic (exact) mass is 249 g/mol. The summed E-state index contributed by atoms with van der Waals surface area (Å²) in [4.78, 5) is 0. The minimum Gasteiger partial charge on any atom is -0.454 e. The summed E-state index contributed by atoms with van der Waals surface area (Å²) in [5.74, 6) is 1.66. The van der Waals surface area contributed by atoms with E-state index in [1.807, 2.05) is 18.2 Å². The third-order valence-electron chi connectivity index (χ3n) is 4.00. The number of nitrogens with one attached hydrogen (secondary N) is 1. The Morgan fingerprint density at radius 2 is 2.06 bits per heavy atom. The van der Waals surface area contributed by atoms with Crippen molar-refractivity contribution in [1.29, 1.82) is 0 Å². The van der Waals surface area contributed by atoms with E-state index in [9.17, 15) is 5.11 Å². The van der Waals surface area contributed by atoms with Crippen LogP contribution in [-0.2, 0) is 6.54 Å². The minimum atomic E-state index is -0.0951. The third kappa shape index (κ3) is 2.06. The Morgan fingerprint density at radius 1 is 1.22 bits per heavy atom. The molecule has 1 aliphatic carbocycles. The van der Waals surface area contributed by atoms with Crippen molar-refractivity contribution in [3.63, 3.8) is 0 Å². The molecule has 0 atom stereocenters. The van der Waals surface area contributed by atoms with Gasteiger partial charge in [0.1, 0.15) is 0 Å². The van der Waals surface area contributed by atoms with Crippen LogP contribution >= 0.6 is 0 Å². The summed E-state index contributed by atoms with van der Waals surface area (Å²) < 4.78 is 10.8. The highest BCUT2D eigenvalue weighted by Crippen LogP contribution is 2.36. The first-order chi connectivity index (χ1) is 8.83. The predicted octanol–water partition coefficient (Wildman–Crippen LogP) is 1.81. The maximum atomic E-state index is 9.57. The number of aliphatic hydroxyl groups is 1. The molecule has 0 saturated heterocycles. The van der Waals surface area contributed by atoms with Gasteiger partial charge in [-0.15, -0.1) is 0 Å². The van der Waals surface area contributed by atoms with Crippen LogP contribution in [0.1, 0.15) is 31.2 Å². The van der Waals surface area contributed by atoms with E-state index in [-0.39, 0.29) is 12.1 Å². The van der Waals surface area contributed by atoms with Crippen LogP contribution < -0.4 is 14.8 Å². The van der Waals surface area contributed by atoms with E-state index in [0.29, 0.717) is 13.3 Å². The first-order valence-corrected chi connectivity index (χ1v) is 6.56. The number of benzene rings is 1. The Morgan fingerprint density at radius 3 is 2.83 bits per heavy atom. The number of para-hydroxylation sites is 1. The Labute approximate surface area is 107 Å². The molecule has 0 spiro atoms. The Balaban J connectivity index is 1.72. The lowest BCUT2D eigenvalue weighted by atomic mass is 9.98. The molecule has 1 aromatic rings. The number of hydrogen-bond donors (Lipinski definition) is 2. The van der Waals surface area contributed by atoms with Crippen molar-refractivity contribution in [1.82, 2.24) is 5.32 Å². The first kappa shape index (κ1) is 11.8. The summed E-state index contributed by atoms with van der Waals surface area (Å²) in [6.45, 7) is 1.23. The van der Waals surface area contributed by atoms with Gasteiger partial charge in [-0.1, -0.05) is 25.0 Å². The Bertz CT molecular complexity index is 427. The van der Waals surface area contributed by atoms with Crippen LogP contribution in [0.3, 0.4) is 0 Å². The van der Waals surface area contributed by atoms with E-state index in [1.54, 1.807) is 0 Å². The molecule has 1 aromatic carbocycles. The number of hydrogen-bond acceptors (Lipinski definition) is 4. The normalized spacial score (nSPS) is 20.3. The van der Waals surface area contributed by atoms with Crippen molar-refractivity contribution in [2.75, 3.05) is 13.4 Å². The van der Waals surface area contributed by atoms with Crippen molar-refractivity contribution >= 4 is 0 Å². The van der Waals surface area contributed by atoms with Gasteiger partial charge in [-0.05, 0) is 18.9 Å². The number of aliphatic hydroxyl groups excluding tert-OH is 1. The molecule has 2 aliphatic rings. The van der Waals surface area contributed by atoms with Gasteiger partial charge in [-0.25, -0.2) is 0 Å². The Kier molecular flexibility index (Phi) is 3.14.